The molecule has 1 aliphatic heterocycles. The zero-order chi connectivity index (χ0) is 31.5. The highest BCUT2D eigenvalue weighted by Crippen LogP contribution is 2.39. The number of methoxy groups -OCH3 is 1. The summed E-state index contributed by atoms with van der Waals surface area (Å²) in [5.41, 5.74) is -2.52. The minimum atomic E-state index is -5.04. The van der Waals surface area contributed by atoms with E-state index >= 15 is 0 Å². The van der Waals surface area contributed by atoms with Crippen LogP contribution in [0.3, 0.4) is 0 Å². The number of hydrogen-bond donors (Lipinski definition) is 0. The number of carbonyl (C=O) groups excluding carboxylic acids is 2. The third kappa shape index (κ3) is 7.07. The molecule has 2 heterocycles. The first kappa shape index (κ1) is 32.5. The number of fused-ring (bicyclic) bond motifs is 1. The molecule has 2 aromatic carbocycles. The van der Waals surface area contributed by atoms with Crippen molar-refractivity contribution >= 4 is 63.5 Å². The number of benzene rings is 2. The van der Waals surface area contributed by atoms with Crippen molar-refractivity contribution in [3.8, 4) is 11.5 Å². The van der Waals surface area contributed by atoms with E-state index in [0.29, 0.717) is 25.5 Å². The van der Waals surface area contributed by atoms with Crippen LogP contribution in [0.1, 0.15) is 31.0 Å². The maximum atomic E-state index is 14.3. The van der Waals surface area contributed by atoms with Gasteiger partial charge < -0.3 is 18.9 Å². The molecular weight excluding hydrogens is 728 g/mol. The molecule has 228 valence electrons. The summed E-state index contributed by atoms with van der Waals surface area (Å²) in [5, 5.41) is 0.303. The predicted octanol–water partition coefficient (Wildman–Crippen LogP) is 4.55. The molecule has 1 aliphatic rings. The van der Waals surface area contributed by atoms with Crippen molar-refractivity contribution in [2.45, 2.75) is 26.1 Å². The second-order valence-electron chi connectivity index (χ2n) is 8.73. The minimum absolute atomic E-state index is 0.0191. The van der Waals surface area contributed by atoms with E-state index in [0.717, 1.165) is 4.57 Å². The van der Waals surface area contributed by atoms with Crippen LogP contribution in [0.15, 0.2) is 57.5 Å². The van der Waals surface area contributed by atoms with Crippen LogP contribution in [0.2, 0.25) is 5.02 Å². The molecule has 4 rings (SSSR count). The molecule has 15 heteroatoms. The van der Waals surface area contributed by atoms with Gasteiger partial charge in [0.1, 0.15) is 0 Å². The Morgan fingerprint density at radius 1 is 1.14 bits per heavy atom. The molecule has 0 saturated heterocycles. The van der Waals surface area contributed by atoms with Crippen molar-refractivity contribution in [2.24, 2.45) is 4.99 Å². The number of ether oxygens (including phenoxy) is 4. The number of hydrogen-bond acceptors (Lipinski definition) is 9. The molecule has 0 aliphatic carbocycles. The Bertz CT molecular complexity index is 1770. The molecule has 0 radical (unpaired) electrons. The average molecular weight is 751 g/mol. The van der Waals surface area contributed by atoms with Crippen LogP contribution < -0.4 is 24.4 Å². The fraction of sp³-hybridized carbons (Fsp3) is 0.286. The number of nitrogens with zero attached hydrogens (tertiary/aromatic N) is 2. The second kappa shape index (κ2) is 13.5. The van der Waals surface area contributed by atoms with E-state index in [2.05, 4.69) is 4.99 Å². The Morgan fingerprint density at radius 2 is 1.81 bits per heavy atom. The molecule has 9 nitrogen and oxygen atoms in total. The summed E-state index contributed by atoms with van der Waals surface area (Å²) >= 11 is 8.72. The third-order valence-electron chi connectivity index (χ3n) is 5.98. The lowest BCUT2D eigenvalue weighted by Gasteiger charge is -2.26. The van der Waals surface area contributed by atoms with Gasteiger partial charge in [-0.3, -0.25) is 9.36 Å². The Hall–Kier alpha value is -3.37. The van der Waals surface area contributed by atoms with Gasteiger partial charge in [0.2, 0.25) is 0 Å². The molecule has 0 N–H and O–H groups in total. The highest BCUT2D eigenvalue weighted by Gasteiger charge is 2.45. The van der Waals surface area contributed by atoms with Gasteiger partial charge in [-0.2, -0.15) is 13.2 Å². The Labute approximate surface area is 265 Å². The van der Waals surface area contributed by atoms with Gasteiger partial charge in [-0.05, 0) is 72.3 Å². The summed E-state index contributed by atoms with van der Waals surface area (Å²) in [4.78, 5) is 42.3. The van der Waals surface area contributed by atoms with E-state index in [1.807, 2.05) is 22.6 Å². The smallest absolute Gasteiger partial charge is 0.434 e. The molecule has 43 heavy (non-hydrogen) atoms. The Balaban J connectivity index is 1.99. The fourth-order valence-electron chi connectivity index (χ4n) is 4.28. The summed E-state index contributed by atoms with van der Waals surface area (Å²) in [7, 11) is 1.39. The van der Waals surface area contributed by atoms with Gasteiger partial charge in [-0.25, -0.2) is 14.6 Å². The van der Waals surface area contributed by atoms with E-state index in [4.69, 9.17) is 30.5 Å². The van der Waals surface area contributed by atoms with Gasteiger partial charge in [0.25, 0.3) is 5.56 Å². The molecule has 0 bridgehead atoms. The maximum absolute atomic E-state index is 14.3. The highest BCUT2D eigenvalue weighted by atomic mass is 127. The molecular formula is C28H23ClF3IN2O7S. The van der Waals surface area contributed by atoms with Crippen LogP contribution in [-0.4, -0.2) is 49.6 Å². The van der Waals surface area contributed by atoms with Gasteiger partial charge in [0.15, 0.2) is 28.6 Å². The summed E-state index contributed by atoms with van der Waals surface area (Å²) in [6.45, 7) is 2.58. The van der Waals surface area contributed by atoms with Crippen LogP contribution in [0.4, 0.5) is 13.2 Å². The SMILES string of the molecule is CCOC(=O)COc1c(/C=c2\sc3n(c2=O)[C@@H](c2ccc(Cl)cc2)C(C(=O)OCC)=C(C(F)(F)F)N=3)cc(I)cc1OC. The topological polar surface area (TPSA) is 105 Å². The molecule has 0 fully saturated rings. The Kier molecular flexibility index (Phi) is 10.2. The van der Waals surface area contributed by atoms with Crippen molar-refractivity contribution in [3.63, 3.8) is 0 Å². The first-order valence-electron chi connectivity index (χ1n) is 12.6. The maximum Gasteiger partial charge on any atom is 0.434 e. The first-order chi connectivity index (χ1) is 20.4. The number of esters is 2. The lowest BCUT2D eigenvalue weighted by atomic mass is 9.95. The van der Waals surface area contributed by atoms with Crippen molar-refractivity contribution in [3.05, 3.63) is 87.1 Å². The molecule has 3 aromatic rings. The lowest BCUT2D eigenvalue weighted by molar-refractivity contribution is -0.145. The molecule has 0 spiro atoms. The first-order valence-corrected chi connectivity index (χ1v) is 14.9. The van der Waals surface area contributed by atoms with Crippen LogP contribution in [0.25, 0.3) is 6.08 Å². The number of carbonyl (C=O) groups is 2. The standard InChI is InChI=1S/C28H23ClF3IN2O7S/c1-4-40-20(36)13-42-23-15(10-17(33)12-18(23)39-3)11-19-25(37)35-22(14-6-8-16(29)9-7-14)21(26(38)41-5-2)24(28(30,31)32)34-27(35)43-19/h6-12,22H,4-5,13H2,1-3H3/b19-11-/t22-/m0/s1. The van der Waals surface area contributed by atoms with Crippen molar-refractivity contribution < 1.29 is 41.7 Å². The number of alkyl halides is 3. The van der Waals surface area contributed by atoms with Gasteiger partial charge in [-0.1, -0.05) is 35.1 Å². The van der Waals surface area contributed by atoms with Crippen LogP contribution in [0.5, 0.6) is 11.5 Å². The monoisotopic (exact) mass is 750 g/mol. The van der Waals surface area contributed by atoms with Crippen LogP contribution in [-0.2, 0) is 19.1 Å². The largest absolute Gasteiger partial charge is 0.493 e. The minimum Gasteiger partial charge on any atom is -0.493 e. The third-order valence-corrected chi connectivity index (χ3v) is 7.83. The number of halogens is 5. The molecule has 0 unspecified atom stereocenters. The van der Waals surface area contributed by atoms with Crippen LogP contribution >= 0.6 is 45.5 Å². The van der Waals surface area contributed by atoms with E-state index in [-0.39, 0.29) is 39.6 Å². The fourth-order valence-corrected chi connectivity index (χ4v) is 6.01. The highest BCUT2D eigenvalue weighted by molar-refractivity contribution is 14.1. The average Bonchev–Trinajstić information content (AvgIpc) is 3.26. The predicted molar refractivity (Wildman–Crippen MR) is 160 cm³/mol. The van der Waals surface area contributed by atoms with Crippen molar-refractivity contribution in [2.75, 3.05) is 26.9 Å². The summed E-state index contributed by atoms with van der Waals surface area (Å²) < 4.78 is 65.7. The number of allylic oxidation sites excluding steroid dienone is 1. The normalized spacial score (nSPS) is 15.1. The van der Waals surface area contributed by atoms with E-state index in [1.54, 1.807) is 19.1 Å². The van der Waals surface area contributed by atoms with Gasteiger partial charge in [0.05, 0.1) is 36.5 Å². The zero-order valence-corrected chi connectivity index (χ0v) is 26.5. The quantitative estimate of drug-likeness (QED) is 0.234. The van der Waals surface area contributed by atoms with Crippen molar-refractivity contribution in [1.29, 1.82) is 0 Å². The van der Waals surface area contributed by atoms with Crippen molar-refractivity contribution in [1.82, 2.24) is 4.57 Å². The Morgan fingerprint density at radius 3 is 2.42 bits per heavy atom. The van der Waals surface area contributed by atoms with Gasteiger partial charge in [0, 0.05) is 14.2 Å². The molecule has 0 amide bonds. The van der Waals surface area contributed by atoms with E-state index in [9.17, 15) is 27.6 Å². The number of thiazole rings is 1. The molecule has 1 atom stereocenters. The summed E-state index contributed by atoms with van der Waals surface area (Å²) in [6, 6.07) is 7.49. The zero-order valence-electron chi connectivity index (χ0n) is 22.8. The van der Waals surface area contributed by atoms with Gasteiger partial charge >= 0.3 is 18.1 Å². The summed E-state index contributed by atoms with van der Waals surface area (Å²) in [6.07, 6.45) is -3.64. The lowest BCUT2D eigenvalue weighted by Crippen LogP contribution is -2.41. The number of aromatic nitrogens is 1. The van der Waals surface area contributed by atoms with Gasteiger partial charge in [-0.15, -0.1) is 0 Å². The second-order valence-corrected chi connectivity index (χ2v) is 11.4. The molecule has 0 saturated carbocycles. The van der Waals surface area contributed by atoms with Crippen LogP contribution in [0, 0.1) is 3.57 Å². The molecule has 1 aromatic heterocycles. The van der Waals surface area contributed by atoms with E-state index < -0.39 is 47.6 Å². The summed E-state index contributed by atoms with van der Waals surface area (Å²) in [5.74, 6) is -1.54. The van der Waals surface area contributed by atoms with E-state index in [1.165, 1.54) is 44.4 Å². The number of rotatable bonds is 9.